The highest BCUT2D eigenvalue weighted by Gasteiger charge is 2.25. The Balaban J connectivity index is 2.44. The molecule has 0 amide bonds. The first-order valence-corrected chi connectivity index (χ1v) is 10.9. The van der Waals surface area contributed by atoms with E-state index in [1.54, 1.807) is 0 Å². The van der Waals surface area contributed by atoms with Crippen LogP contribution in [0.2, 0.25) is 19.6 Å². The maximum absolute atomic E-state index is 11.9. The van der Waals surface area contributed by atoms with Gasteiger partial charge in [0.05, 0.1) is 5.76 Å². The lowest BCUT2D eigenvalue weighted by molar-refractivity contribution is -0.111. The van der Waals surface area contributed by atoms with E-state index in [0.717, 1.165) is 18.6 Å². The molecule has 0 saturated heterocycles. The number of hydrogen-bond acceptors (Lipinski definition) is 3. The van der Waals surface area contributed by atoms with Crippen LogP contribution in [-0.2, 0) is 9.22 Å². The van der Waals surface area contributed by atoms with Crippen LogP contribution in [-0.4, -0.2) is 18.2 Å². The van der Waals surface area contributed by atoms with Crippen LogP contribution in [0, 0.1) is 5.92 Å². The Hall–Kier alpha value is -0.223. The van der Waals surface area contributed by atoms with Crippen LogP contribution in [0.3, 0.4) is 0 Å². The summed E-state index contributed by atoms with van der Waals surface area (Å²) in [6, 6.07) is 0. The zero-order valence-electron chi connectivity index (χ0n) is 12.5. The fraction of sp³-hybridized carbons (Fsp3) is 0.786. The van der Waals surface area contributed by atoms with E-state index in [1.807, 2.05) is 0 Å². The number of carbonyl (C=O) groups is 1. The van der Waals surface area contributed by atoms with Gasteiger partial charge in [-0.2, -0.15) is 0 Å². The van der Waals surface area contributed by atoms with Crippen molar-refractivity contribution in [3.63, 3.8) is 0 Å². The second-order valence-electron chi connectivity index (χ2n) is 6.94. The molecule has 0 aromatic heterocycles. The molecule has 0 radical (unpaired) electrons. The van der Waals surface area contributed by atoms with Gasteiger partial charge in [0, 0.05) is 17.6 Å². The predicted molar refractivity (Wildman–Crippen MR) is 82.2 cm³/mol. The van der Waals surface area contributed by atoms with Crippen molar-refractivity contribution < 1.29 is 9.22 Å². The summed E-state index contributed by atoms with van der Waals surface area (Å²) in [5.41, 5.74) is 0. The van der Waals surface area contributed by atoms with Crippen LogP contribution < -0.4 is 0 Å². The van der Waals surface area contributed by atoms with Crippen molar-refractivity contribution in [1.29, 1.82) is 0 Å². The highest BCUT2D eigenvalue weighted by Crippen LogP contribution is 2.33. The van der Waals surface area contributed by atoms with Gasteiger partial charge in [0.1, 0.15) is 0 Å². The van der Waals surface area contributed by atoms with Gasteiger partial charge in [-0.05, 0) is 38.1 Å². The van der Waals surface area contributed by atoms with Crippen LogP contribution in [0.15, 0.2) is 11.8 Å². The molecular weight excluding hydrogens is 260 g/mol. The van der Waals surface area contributed by atoms with Crippen LogP contribution in [0.4, 0.5) is 0 Å². The molecule has 0 N–H and O–H groups in total. The Labute approximate surface area is 117 Å². The van der Waals surface area contributed by atoms with Gasteiger partial charge < -0.3 is 4.43 Å². The predicted octanol–water partition coefficient (Wildman–Crippen LogP) is 4.58. The second-order valence-corrected chi connectivity index (χ2v) is 13.2. The summed E-state index contributed by atoms with van der Waals surface area (Å²) in [6.45, 7) is 12.8. The van der Waals surface area contributed by atoms with E-state index in [2.05, 4.69) is 46.5 Å². The molecule has 0 aliphatic heterocycles. The third-order valence-electron chi connectivity index (χ3n) is 2.47. The van der Waals surface area contributed by atoms with Crippen LogP contribution >= 0.6 is 11.8 Å². The van der Waals surface area contributed by atoms with Crippen molar-refractivity contribution in [2.45, 2.75) is 64.4 Å². The van der Waals surface area contributed by atoms with Gasteiger partial charge in [-0.25, -0.2) is 0 Å². The standard InChI is InChI=1S/C14H26O2SSi/c1-14(2,3)17-13(15)10-11-7-8-12(9-11)16-18(4,5)6/h9,11H,7-8,10H2,1-6H3. The number of allylic oxidation sites excluding steroid dienone is 2. The number of carbonyl (C=O) groups excluding carboxylic acids is 1. The molecule has 104 valence electrons. The summed E-state index contributed by atoms with van der Waals surface area (Å²) in [7, 11) is -1.49. The van der Waals surface area contributed by atoms with Crippen molar-refractivity contribution in [3.05, 3.63) is 11.8 Å². The largest absolute Gasteiger partial charge is 0.548 e. The molecule has 0 spiro atoms. The van der Waals surface area contributed by atoms with Gasteiger partial charge in [-0.1, -0.05) is 32.5 Å². The minimum Gasteiger partial charge on any atom is -0.548 e. The van der Waals surface area contributed by atoms with Crippen molar-refractivity contribution in [2.24, 2.45) is 5.92 Å². The first kappa shape index (κ1) is 15.8. The molecule has 1 atom stereocenters. The van der Waals surface area contributed by atoms with Gasteiger partial charge in [0.25, 0.3) is 0 Å². The lowest BCUT2D eigenvalue weighted by Gasteiger charge is -2.19. The molecule has 18 heavy (non-hydrogen) atoms. The Kier molecular flexibility index (Phi) is 5.12. The quantitative estimate of drug-likeness (QED) is 0.708. The molecular formula is C14H26O2SSi. The fourth-order valence-corrected chi connectivity index (χ4v) is 3.93. The summed E-state index contributed by atoms with van der Waals surface area (Å²) in [4.78, 5) is 11.9. The molecule has 1 unspecified atom stereocenters. The molecule has 0 fully saturated rings. The Morgan fingerprint density at radius 1 is 1.44 bits per heavy atom. The Morgan fingerprint density at radius 2 is 2.06 bits per heavy atom. The summed E-state index contributed by atoms with van der Waals surface area (Å²) in [6.07, 6.45) is 4.90. The van der Waals surface area contributed by atoms with Crippen molar-refractivity contribution in [3.8, 4) is 0 Å². The lowest BCUT2D eigenvalue weighted by Crippen LogP contribution is -2.24. The smallest absolute Gasteiger partial charge is 0.241 e. The summed E-state index contributed by atoms with van der Waals surface area (Å²) in [5.74, 6) is 1.51. The van der Waals surface area contributed by atoms with E-state index in [1.165, 1.54) is 11.8 Å². The number of thioether (sulfide) groups is 1. The summed E-state index contributed by atoms with van der Waals surface area (Å²) in [5, 5.41) is 0.304. The molecule has 1 rings (SSSR count). The van der Waals surface area contributed by atoms with E-state index in [9.17, 15) is 4.79 Å². The maximum atomic E-state index is 11.9. The molecule has 2 nitrogen and oxygen atoms in total. The SMILES string of the molecule is CC(C)(C)SC(=O)CC1C=C(O[Si](C)(C)C)CC1. The summed E-state index contributed by atoms with van der Waals surface area (Å²) < 4.78 is 6.02. The van der Waals surface area contributed by atoms with Gasteiger partial charge in [0.2, 0.25) is 8.32 Å². The minimum atomic E-state index is -1.49. The molecule has 0 heterocycles. The van der Waals surface area contributed by atoms with Gasteiger partial charge in [0.15, 0.2) is 5.12 Å². The molecule has 0 saturated carbocycles. The van der Waals surface area contributed by atoms with Gasteiger partial charge >= 0.3 is 0 Å². The van der Waals surface area contributed by atoms with E-state index >= 15 is 0 Å². The zero-order chi connectivity index (χ0) is 14.0. The summed E-state index contributed by atoms with van der Waals surface area (Å²) >= 11 is 1.46. The van der Waals surface area contributed by atoms with E-state index in [4.69, 9.17) is 4.43 Å². The van der Waals surface area contributed by atoms with Crippen molar-refractivity contribution in [2.75, 3.05) is 0 Å². The third kappa shape index (κ3) is 6.64. The topological polar surface area (TPSA) is 26.3 Å². The Morgan fingerprint density at radius 3 is 2.56 bits per heavy atom. The van der Waals surface area contributed by atoms with Gasteiger partial charge in [-0.15, -0.1) is 0 Å². The van der Waals surface area contributed by atoms with E-state index in [0.29, 0.717) is 17.5 Å². The minimum absolute atomic E-state index is 0.0249. The second kappa shape index (κ2) is 5.82. The average molecular weight is 287 g/mol. The zero-order valence-corrected chi connectivity index (χ0v) is 14.3. The van der Waals surface area contributed by atoms with Crippen molar-refractivity contribution in [1.82, 2.24) is 0 Å². The first-order valence-electron chi connectivity index (χ1n) is 6.67. The average Bonchev–Trinajstić information content (AvgIpc) is 2.44. The van der Waals surface area contributed by atoms with Crippen LogP contribution in [0.1, 0.15) is 40.0 Å². The monoisotopic (exact) mass is 286 g/mol. The van der Waals surface area contributed by atoms with Crippen LogP contribution in [0.25, 0.3) is 0 Å². The molecule has 0 aromatic rings. The highest BCUT2D eigenvalue weighted by molar-refractivity contribution is 8.14. The molecule has 1 aliphatic carbocycles. The van der Waals surface area contributed by atoms with Crippen molar-refractivity contribution >= 4 is 25.2 Å². The number of hydrogen-bond donors (Lipinski definition) is 0. The fourth-order valence-electron chi connectivity index (χ4n) is 1.99. The lowest BCUT2D eigenvalue weighted by atomic mass is 10.1. The third-order valence-corrected chi connectivity index (χ3v) is 4.35. The normalized spacial score (nSPS) is 20.8. The molecule has 0 aromatic carbocycles. The highest BCUT2D eigenvalue weighted by atomic mass is 32.2. The first-order chi connectivity index (χ1) is 8.05. The Bertz CT molecular complexity index is 337. The molecule has 4 heteroatoms. The maximum Gasteiger partial charge on any atom is 0.241 e. The molecule has 1 aliphatic rings. The number of rotatable bonds is 4. The van der Waals surface area contributed by atoms with E-state index in [-0.39, 0.29) is 4.75 Å². The van der Waals surface area contributed by atoms with E-state index < -0.39 is 8.32 Å². The van der Waals surface area contributed by atoms with Crippen LogP contribution in [0.5, 0.6) is 0 Å². The van der Waals surface area contributed by atoms with Gasteiger partial charge in [-0.3, -0.25) is 4.79 Å². The molecule has 0 bridgehead atoms.